The highest BCUT2D eigenvalue weighted by molar-refractivity contribution is 5.99. The first kappa shape index (κ1) is 21.6. The van der Waals surface area contributed by atoms with Crippen LogP contribution in [0, 0.1) is 11.3 Å². The molecule has 1 fully saturated rings. The fourth-order valence-corrected chi connectivity index (χ4v) is 4.16. The van der Waals surface area contributed by atoms with Crippen LogP contribution in [0.5, 0.6) is 0 Å². The summed E-state index contributed by atoms with van der Waals surface area (Å²) in [6, 6.07) is 14.1. The van der Waals surface area contributed by atoms with Crippen molar-refractivity contribution in [1.29, 1.82) is 5.26 Å². The number of hydrazine groups is 2. The van der Waals surface area contributed by atoms with Gasteiger partial charge in [0.05, 0.1) is 24.6 Å². The number of aromatic nitrogens is 1. The standard InChI is InChI=1S/C23H28N8O/c1-16(30-14-4-6-19(21(30)26-25)22(2,3)32)23(11-12-23)18-9-7-17(8-10-18)20-27-28-29-31(20)15-5-13-24/h4,6-10,14,28-29,32H,1,5,11-12,15,25H2,2-3H3/b26-21-. The maximum atomic E-state index is 10.6. The van der Waals surface area contributed by atoms with E-state index in [1.54, 1.807) is 13.8 Å². The molecular weight excluding hydrogens is 404 g/mol. The molecule has 1 saturated carbocycles. The predicted molar refractivity (Wildman–Crippen MR) is 122 cm³/mol. The molecule has 1 aliphatic carbocycles. The molecule has 32 heavy (non-hydrogen) atoms. The number of hydrazone groups is 1. The van der Waals surface area contributed by atoms with Gasteiger partial charge in [-0.05, 0) is 38.3 Å². The number of rotatable bonds is 7. The number of allylic oxidation sites excluding steroid dienone is 1. The molecule has 4 rings (SSSR count). The van der Waals surface area contributed by atoms with E-state index < -0.39 is 5.60 Å². The first-order chi connectivity index (χ1) is 15.3. The molecule has 1 aromatic carbocycles. The van der Waals surface area contributed by atoms with Crippen LogP contribution in [0.4, 0.5) is 0 Å². The first-order valence-electron chi connectivity index (χ1n) is 10.5. The topological polar surface area (TPSA) is 127 Å². The van der Waals surface area contributed by atoms with Crippen LogP contribution in [-0.4, -0.2) is 27.1 Å². The maximum Gasteiger partial charge on any atom is 0.173 e. The fourth-order valence-electron chi connectivity index (χ4n) is 4.16. The van der Waals surface area contributed by atoms with Crippen molar-refractivity contribution in [2.75, 3.05) is 6.54 Å². The molecule has 9 nitrogen and oxygen atoms in total. The molecule has 0 bridgehead atoms. The van der Waals surface area contributed by atoms with Gasteiger partial charge in [-0.15, -0.1) is 10.6 Å². The molecule has 0 atom stereocenters. The second kappa shape index (κ2) is 8.15. The van der Waals surface area contributed by atoms with Gasteiger partial charge < -0.3 is 15.5 Å². The molecule has 166 valence electrons. The van der Waals surface area contributed by atoms with Crippen molar-refractivity contribution in [2.45, 2.75) is 44.1 Å². The van der Waals surface area contributed by atoms with E-state index in [2.05, 4.69) is 46.1 Å². The van der Waals surface area contributed by atoms with Crippen molar-refractivity contribution in [2.24, 2.45) is 16.0 Å². The lowest BCUT2D eigenvalue weighted by molar-refractivity contribution is 0.0764. The van der Waals surface area contributed by atoms with Gasteiger partial charge in [0.1, 0.15) is 0 Å². The van der Waals surface area contributed by atoms with Crippen molar-refractivity contribution in [3.8, 4) is 6.07 Å². The Morgan fingerprint density at radius 3 is 2.66 bits per heavy atom. The Bertz CT molecular complexity index is 1160. The molecule has 2 aliphatic rings. The van der Waals surface area contributed by atoms with Gasteiger partial charge in [0.2, 0.25) is 0 Å². The zero-order valence-electron chi connectivity index (χ0n) is 18.3. The molecule has 0 radical (unpaired) electrons. The average molecular weight is 433 g/mol. The summed E-state index contributed by atoms with van der Waals surface area (Å²) in [6.07, 6.45) is 4.21. The number of nitrogens with two attached hydrogens (primary N) is 1. The van der Waals surface area contributed by atoms with E-state index in [0.29, 0.717) is 24.0 Å². The Hall–Kier alpha value is -3.61. The van der Waals surface area contributed by atoms with E-state index in [4.69, 9.17) is 11.1 Å². The third-order valence-corrected chi connectivity index (χ3v) is 6.09. The first-order valence-corrected chi connectivity index (χ1v) is 10.5. The second-order valence-electron chi connectivity index (χ2n) is 8.63. The summed E-state index contributed by atoms with van der Waals surface area (Å²) in [6.45, 7) is 8.36. The van der Waals surface area contributed by atoms with E-state index in [9.17, 15) is 5.11 Å². The van der Waals surface area contributed by atoms with Crippen LogP contribution in [-0.2, 0) is 11.0 Å². The van der Waals surface area contributed by atoms with Gasteiger partial charge in [-0.25, -0.2) is 5.53 Å². The van der Waals surface area contributed by atoms with Gasteiger partial charge in [-0.1, -0.05) is 36.9 Å². The van der Waals surface area contributed by atoms with Gasteiger partial charge in [0.25, 0.3) is 0 Å². The molecule has 1 aliphatic heterocycles. The Morgan fingerprint density at radius 2 is 2.06 bits per heavy atom. The van der Waals surface area contributed by atoms with Gasteiger partial charge in [0.15, 0.2) is 11.3 Å². The minimum Gasteiger partial charge on any atom is -0.386 e. The summed E-state index contributed by atoms with van der Waals surface area (Å²) in [7, 11) is 0. The van der Waals surface area contributed by atoms with Gasteiger partial charge in [-0.2, -0.15) is 10.4 Å². The molecular formula is C23H28N8O. The Labute approximate surface area is 187 Å². The zero-order valence-corrected chi connectivity index (χ0v) is 18.3. The number of hydrogen-bond acceptors (Lipinski definition) is 8. The summed E-state index contributed by atoms with van der Waals surface area (Å²) < 4.78 is 1.88. The number of hydrogen-bond donors (Lipinski definition) is 4. The summed E-state index contributed by atoms with van der Waals surface area (Å²) in [5.74, 6) is 6.47. The van der Waals surface area contributed by atoms with Gasteiger partial charge >= 0.3 is 0 Å². The smallest absolute Gasteiger partial charge is 0.173 e. The molecule has 5 N–H and O–H groups in total. The fraction of sp³-hybridized carbons (Fsp3) is 0.348. The molecule has 1 aromatic heterocycles. The lowest BCUT2D eigenvalue weighted by atomic mass is 9.91. The number of nitrogens with one attached hydrogen (secondary N) is 2. The van der Waals surface area contributed by atoms with E-state index in [0.717, 1.165) is 35.5 Å². The number of aliphatic hydroxyl groups is 1. The van der Waals surface area contributed by atoms with E-state index in [1.165, 1.54) is 0 Å². The van der Waals surface area contributed by atoms with Crippen LogP contribution in [0.15, 0.2) is 59.4 Å². The van der Waals surface area contributed by atoms with Crippen LogP contribution < -0.4 is 22.4 Å². The Morgan fingerprint density at radius 1 is 1.34 bits per heavy atom. The quantitative estimate of drug-likeness (QED) is 0.389. The minimum absolute atomic E-state index is 0.213. The predicted octanol–water partition coefficient (Wildman–Crippen LogP) is 1.59. The van der Waals surface area contributed by atoms with E-state index in [1.807, 2.05) is 40.0 Å². The van der Waals surface area contributed by atoms with Gasteiger partial charge in [-0.3, -0.25) is 5.01 Å². The summed E-state index contributed by atoms with van der Waals surface area (Å²) in [4.78, 5) is 0. The summed E-state index contributed by atoms with van der Waals surface area (Å²) in [5.41, 5.74) is 8.50. The average Bonchev–Trinajstić information content (AvgIpc) is 3.47. The van der Waals surface area contributed by atoms with Crippen molar-refractivity contribution >= 4 is 11.5 Å². The molecule has 9 heteroatoms. The number of nitriles is 1. The SMILES string of the molecule is C=C(n1cccc(C(C)(C)O)/c1=N/N)C1(c2ccc(C3=NNNN3CCC#N)cc2)CC1. The van der Waals surface area contributed by atoms with Crippen LogP contribution in [0.3, 0.4) is 0 Å². The highest BCUT2D eigenvalue weighted by Crippen LogP contribution is 2.54. The molecule has 0 amide bonds. The number of benzene rings is 1. The lowest BCUT2D eigenvalue weighted by Gasteiger charge is -2.25. The van der Waals surface area contributed by atoms with Crippen molar-refractivity contribution in [3.63, 3.8) is 0 Å². The lowest BCUT2D eigenvalue weighted by Crippen LogP contribution is -2.41. The van der Waals surface area contributed by atoms with Crippen LogP contribution >= 0.6 is 0 Å². The maximum absolute atomic E-state index is 10.6. The van der Waals surface area contributed by atoms with Crippen LogP contribution in [0.1, 0.15) is 49.8 Å². The molecule has 0 unspecified atom stereocenters. The van der Waals surface area contributed by atoms with Crippen molar-refractivity contribution < 1.29 is 5.11 Å². The second-order valence-corrected chi connectivity index (χ2v) is 8.63. The van der Waals surface area contributed by atoms with Crippen molar-refractivity contribution in [1.82, 2.24) is 20.6 Å². The number of nitrogens with zero attached hydrogens (tertiary/aromatic N) is 5. The highest BCUT2D eigenvalue weighted by atomic mass is 16.3. The normalized spacial score (nSPS) is 17.5. The monoisotopic (exact) mass is 432 g/mol. The number of pyridine rings is 1. The third-order valence-electron chi connectivity index (χ3n) is 6.09. The largest absolute Gasteiger partial charge is 0.386 e. The van der Waals surface area contributed by atoms with E-state index >= 15 is 0 Å². The molecule has 2 aromatic rings. The van der Waals surface area contributed by atoms with Crippen molar-refractivity contribution in [3.05, 3.63) is 71.4 Å². The van der Waals surface area contributed by atoms with Gasteiger partial charge in [0, 0.05) is 28.4 Å². The molecule has 2 heterocycles. The number of amidine groups is 1. The van der Waals surface area contributed by atoms with Crippen LogP contribution in [0.2, 0.25) is 0 Å². The summed E-state index contributed by atoms with van der Waals surface area (Å²) >= 11 is 0. The third kappa shape index (κ3) is 3.75. The van der Waals surface area contributed by atoms with E-state index in [-0.39, 0.29) is 5.41 Å². The Kier molecular flexibility index (Phi) is 5.50. The Balaban J connectivity index is 1.63. The highest BCUT2D eigenvalue weighted by Gasteiger charge is 2.48. The molecule has 0 saturated heterocycles. The van der Waals surface area contributed by atoms with Crippen LogP contribution in [0.25, 0.3) is 5.70 Å². The molecule has 0 spiro atoms. The zero-order chi connectivity index (χ0) is 22.9. The minimum atomic E-state index is -1.08. The summed E-state index contributed by atoms with van der Waals surface area (Å²) in [5, 5.41) is 29.5.